The van der Waals surface area contributed by atoms with Crippen LogP contribution in [0.2, 0.25) is 0 Å². The predicted molar refractivity (Wildman–Crippen MR) is 99.4 cm³/mol. The first-order chi connectivity index (χ1) is 12.1. The molecular weight excluding hydrogens is 384 g/mol. The first-order valence-electron chi connectivity index (χ1n) is 9.09. The van der Waals surface area contributed by atoms with E-state index in [1.165, 1.54) is 6.42 Å². The number of piperazine rings is 1. The largest absolute Gasteiger partial charge is 0.492 e. The summed E-state index contributed by atoms with van der Waals surface area (Å²) < 4.78 is 6.62. The van der Waals surface area contributed by atoms with Crippen molar-refractivity contribution in [2.75, 3.05) is 32.8 Å². The van der Waals surface area contributed by atoms with E-state index in [1.54, 1.807) is 0 Å². The van der Waals surface area contributed by atoms with Crippen LogP contribution in [0.3, 0.4) is 0 Å². The molecular formula is C19H25BrN2O3. The van der Waals surface area contributed by atoms with Crippen LogP contribution in [0.1, 0.15) is 32.1 Å². The molecule has 1 aliphatic heterocycles. The van der Waals surface area contributed by atoms with Crippen molar-refractivity contribution >= 4 is 27.7 Å². The van der Waals surface area contributed by atoms with E-state index in [-0.39, 0.29) is 11.8 Å². The predicted octanol–water partition coefficient (Wildman–Crippen LogP) is 3.08. The van der Waals surface area contributed by atoms with E-state index < -0.39 is 0 Å². The maximum absolute atomic E-state index is 12.3. The maximum atomic E-state index is 12.3. The molecule has 136 valence electrons. The third kappa shape index (κ3) is 4.75. The van der Waals surface area contributed by atoms with Gasteiger partial charge in [-0.25, -0.2) is 0 Å². The van der Waals surface area contributed by atoms with Crippen molar-refractivity contribution in [2.45, 2.75) is 32.1 Å². The highest BCUT2D eigenvalue weighted by Gasteiger charge is 2.31. The van der Waals surface area contributed by atoms with Gasteiger partial charge in [0.05, 0.1) is 11.1 Å². The summed E-state index contributed by atoms with van der Waals surface area (Å²) in [4.78, 5) is 28.4. The summed E-state index contributed by atoms with van der Waals surface area (Å²) in [7, 11) is 0. The van der Waals surface area contributed by atoms with Gasteiger partial charge in [0, 0.05) is 38.5 Å². The molecule has 2 aliphatic rings. The minimum Gasteiger partial charge on any atom is -0.492 e. The van der Waals surface area contributed by atoms with E-state index in [1.807, 2.05) is 34.1 Å². The molecule has 1 heterocycles. The lowest BCUT2D eigenvalue weighted by Crippen LogP contribution is -2.52. The summed E-state index contributed by atoms with van der Waals surface area (Å²) in [6.07, 6.45) is 4.43. The van der Waals surface area contributed by atoms with E-state index in [4.69, 9.17) is 4.74 Å². The zero-order chi connectivity index (χ0) is 17.6. The fraction of sp³-hybridized carbons (Fsp3) is 0.579. The average Bonchev–Trinajstić information content (AvgIpc) is 2.58. The van der Waals surface area contributed by atoms with Crippen molar-refractivity contribution in [3.8, 4) is 5.75 Å². The van der Waals surface area contributed by atoms with Crippen LogP contribution in [-0.4, -0.2) is 54.4 Å². The van der Waals surface area contributed by atoms with Crippen molar-refractivity contribution in [1.82, 2.24) is 9.80 Å². The molecule has 5 nitrogen and oxygen atoms in total. The van der Waals surface area contributed by atoms with Gasteiger partial charge in [0.25, 0.3) is 0 Å². The lowest BCUT2D eigenvalue weighted by Gasteiger charge is -2.38. The molecule has 0 bridgehead atoms. The molecule has 2 amide bonds. The van der Waals surface area contributed by atoms with E-state index in [2.05, 4.69) is 15.9 Å². The molecule has 1 aromatic rings. The van der Waals surface area contributed by atoms with Crippen molar-refractivity contribution in [3.05, 3.63) is 28.7 Å². The summed E-state index contributed by atoms with van der Waals surface area (Å²) in [5, 5.41) is 0. The molecule has 1 aliphatic carbocycles. The molecule has 1 saturated heterocycles. The van der Waals surface area contributed by atoms with Crippen LogP contribution in [0.15, 0.2) is 28.7 Å². The molecule has 0 atom stereocenters. The second-order valence-electron chi connectivity index (χ2n) is 6.72. The van der Waals surface area contributed by atoms with Gasteiger partial charge in [0.15, 0.2) is 0 Å². The number of amides is 2. The van der Waals surface area contributed by atoms with Crippen molar-refractivity contribution in [3.63, 3.8) is 0 Å². The van der Waals surface area contributed by atoms with Gasteiger partial charge in [0.2, 0.25) is 11.8 Å². The van der Waals surface area contributed by atoms with Gasteiger partial charge >= 0.3 is 0 Å². The molecule has 0 spiro atoms. The molecule has 25 heavy (non-hydrogen) atoms. The van der Waals surface area contributed by atoms with Crippen LogP contribution in [0, 0.1) is 5.92 Å². The topological polar surface area (TPSA) is 49.9 Å². The highest BCUT2D eigenvalue weighted by atomic mass is 79.9. The summed E-state index contributed by atoms with van der Waals surface area (Å²) in [5.74, 6) is 1.50. The average molecular weight is 409 g/mol. The zero-order valence-electron chi connectivity index (χ0n) is 14.5. The summed E-state index contributed by atoms with van der Waals surface area (Å²) in [6, 6.07) is 7.71. The molecule has 0 N–H and O–H groups in total. The maximum Gasteiger partial charge on any atom is 0.225 e. The molecule has 0 radical (unpaired) electrons. The standard InChI is InChI=1S/C19H25BrN2O3/c20-16-7-1-2-8-17(16)25-14-4-9-18(23)21-10-12-22(13-11-21)19(24)15-5-3-6-15/h1-2,7-8,15H,3-6,9-14H2. The molecule has 0 aromatic heterocycles. The van der Waals surface area contributed by atoms with Gasteiger partial charge in [-0.2, -0.15) is 0 Å². The van der Waals surface area contributed by atoms with Crippen LogP contribution in [0.25, 0.3) is 0 Å². The number of hydrogen-bond donors (Lipinski definition) is 0. The number of halogens is 1. The third-order valence-corrected chi connectivity index (χ3v) is 5.68. The SMILES string of the molecule is O=C(CCCOc1ccccc1Br)N1CCN(C(=O)C2CCC2)CC1. The molecule has 3 rings (SSSR count). The Morgan fingerprint density at radius 1 is 1.08 bits per heavy atom. The number of rotatable bonds is 6. The highest BCUT2D eigenvalue weighted by Crippen LogP contribution is 2.28. The normalized spacial score (nSPS) is 18.0. The van der Waals surface area contributed by atoms with E-state index in [0.29, 0.717) is 51.5 Å². The zero-order valence-corrected chi connectivity index (χ0v) is 16.0. The van der Waals surface area contributed by atoms with Crippen LogP contribution >= 0.6 is 15.9 Å². The molecule has 1 aromatic carbocycles. The molecule has 0 unspecified atom stereocenters. The number of nitrogens with zero attached hydrogens (tertiary/aromatic N) is 2. The number of carbonyl (C=O) groups is 2. The van der Waals surface area contributed by atoms with Crippen LogP contribution in [0.4, 0.5) is 0 Å². The van der Waals surface area contributed by atoms with Crippen molar-refractivity contribution in [1.29, 1.82) is 0 Å². The Morgan fingerprint density at radius 3 is 2.40 bits per heavy atom. The van der Waals surface area contributed by atoms with Crippen LogP contribution in [-0.2, 0) is 9.59 Å². The van der Waals surface area contributed by atoms with Gasteiger partial charge in [0.1, 0.15) is 5.75 Å². The number of para-hydroxylation sites is 1. The fourth-order valence-electron chi connectivity index (χ4n) is 3.22. The first-order valence-corrected chi connectivity index (χ1v) is 9.88. The smallest absolute Gasteiger partial charge is 0.225 e. The Kier molecular flexibility index (Phi) is 6.34. The van der Waals surface area contributed by atoms with E-state index >= 15 is 0 Å². The van der Waals surface area contributed by atoms with Crippen LogP contribution < -0.4 is 4.74 Å². The van der Waals surface area contributed by atoms with E-state index in [9.17, 15) is 9.59 Å². The Labute approximate surface area is 157 Å². The minimum absolute atomic E-state index is 0.159. The van der Waals surface area contributed by atoms with Gasteiger partial charge < -0.3 is 14.5 Å². The summed E-state index contributed by atoms with van der Waals surface area (Å²) in [6.45, 7) is 3.18. The number of ether oxygens (including phenoxy) is 1. The van der Waals surface area contributed by atoms with Gasteiger partial charge in [-0.1, -0.05) is 18.6 Å². The van der Waals surface area contributed by atoms with Gasteiger partial charge in [-0.05, 0) is 47.3 Å². The summed E-state index contributed by atoms with van der Waals surface area (Å²) >= 11 is 3.44. The van der Waals surface area contributed by atoms with Gasteiger partial charge in [-0.15, -0.1) is 0 Å². The third-order valence-electron chi connectivity index (χ3n) is 5.03. The lowest BCUT2D eigenvalue weighted by atomic mass is 9.84. The second kappa shape index (κ2) is 8.70. The fourth-order valence-corrected chi connectivity index (χ4v) is 3.61. The Hall–Kier alpha value is -1.56. The number of benzene rings is 1. The quantitative estimate of drug-likeness (QED) is 0.679. The van der Waals surface area contributed by atoms with E-state index in [0.717, 1.165) is 23.1 Å². The monoisotopic (exact) mass is 408 g/mol. The van der Waals surface area contributed by atoms with Crippen molar-refractivity contribution in [2.24, 2.45) is 5.92 Å². The first kappa shape index (κ1) is 18.2. The number of hydrogen-bond acceptors (Lipinski definition) is 3. The minimum atomic E-state index is 0.159. The Bertz CT molecular complexity index is 610. The summed E-state index contributed by atoms with van der Waals surface area (Å²) in [5.41, 5.74) is 0. The second-order valence-corrected chi connectivity index (χ2v) is 7.57. The van der Waals surface area contributed by atoms with Gasteiger partial charge in [-0.3, -0.25) is 9.59 Å². The lowest BCUT2D eigenvalue weighted by molar-refractivity contribution is -0.144. The van der Waals surface area contributed by atoms with Crippen LogP contribution in [0.5, 0.6) is 5.75 Å². The molecule has 1 saturated carbocycles. The molecule has 6 heteroatoms. The van der Waals surface area contributed by atoms with Crippen molar-refractivity contribution < 1.29 is 14.3 Å². The highest BCUT2D eigenvalue weighted by molar-refractivity contribution is 9.10. The Balaban J connectivity index is 1.34. The number of carbonyl (C=O) groups excluding carboxylic acids is 2. The molecule has 2 fully saturated rings. The Morgan fingerprint density at radius 2 is 1.76 bits per heavy atom.